The Bertz CT molecular complexity index is 466. The zero-order chi connectivity index (χ0) is 13.3. The number of rotatable bonds is 1. The summed E-state index contributed by atoms with van der Waals surface area (Å²) >= 11 is 5.59. The fourth-order valence-electron chi connectivity index (χ4n) is 2.10. The number of benzene rings is 1. The predicted octanol–water partition coefficient (Wildman–Crippen LogP) is 2.29. The van der Waals surface area contributed by atoms with E-state index in [9.17, 15) is 9.18 Å². The molecule has 1 heterocycles. The van der Waals surface area contributed by atoms with E-state index >= 15 is 0 Å². The molecule has 0 bridgehead atoms. The van der Waals surface area contributed by atoms with Crippen LogP contribution in [-0.2, 0) is 0 Å². The average molecular weight is 271 g/mol. The molecule has 1 aromatic rings. The molecule has 1 fully saturated rings. The van der Waals surface area contributed by atoms with Gasteiger partial charge in [0.1, 0.15) is 5.82 Å². The molecule has 0 radical (unpaired) electrons. The molecule has 2 N–H and O–H groups in total. The number of carbonyl (C=O) groups excluding carboxylic acids is 1. The van der Waals surface area contributed by atoms with E-state index in [4.69, 9.17) is 17.3 Å². The van der Waals surface area contributed by atoms with E-state index in [1.165, 1.54) is 18.2 Å². The lowest BCUT2D eigenvalue weighted by atomic mass is 9.94. The molecule has 1 aliphatic heterocycles. The fourth-order valence-corrected chi connectivity index (χ4v) is 2.21. The molecule has 5 heteroatoms. The third kappa shape index (κ3) is 2.65. The molecular weight excluding hydrogens is 255 g/mol. The number of nitrogens with two attached hydrogens (primary N) is 1. The molecule has 3 nitrogen and oxygen atoms in total. The first-order chi connectivity index (χ1) is 8.49. The van der Waals surface area contributed by atoms with Gasteiger partial charge in [-0.15, -0.1) is 0 Å². The van der Waals surface area contributed by atoms with Crippen molar-refractivity contribution in [1.82, 2.24) is 4.90 Å². The Hall–Kier alpha value is -1.13. The molecule has 0 spiro atoms. The maximum atomic E-state index is 13.3. The van der Waals surface area contributed by atoms with Crippen molar-refractivity contribution in [3.63, 3.8) is 0 Å². The van der Waals surface area contributed by atoms with E-state index in [0.29, 0.717) is 24.6 Å². The summed E-state index contributed by atoms with van der Waals surface area (Å²) in [4.78, 5) is 13.9. The summed E-state index contributed by atoms with van der Waals surface area (Å²) in [6.07, 6.45) is 0.878. The van der Waals surface area contributed by atoms with E-state index < -0.39 is 5.82 Å². The van der Waals surface area contributed by atoms with E-state index in [1.807, 2.05) is 0 Å². The van der Waals surface area contributed by atoms with Gasteiger partial charge in [-0.1, -0.05) is 18.5 Å². The van der Waals surface area contributed by atoms with Gasteiger partial charge >= 0.3 is 0 Å². The molecule has 1 aliphatic rings. The number of hydrogen-bond acceptors (Lipinski definition) is 2. The minimum Gasteiger partial charge on any atom is -0.337 e. The summed E-state index contributed by atoms with van der Waals surface area (Å²) in [7, 11) is 0. The van der Waals surface area contributed by atoms with E-state index in [-0.39, 0.29) is 17.0 Å². The van der Waals surface area contributed by atoms with Crippen LogP contribution in [0.25, 0.3) is 0 Å². The zero-order valence-electron chi connectivity index (χ0n) is 10.2. The highest BCUT2D eigenvalue weighted by Gasteiger charge is 2.27. The van der Waals surface area contributed by atoms with Crippen LogP contribution in [-0.4, -0.2) is 29.9 Å². The van der Waals surface area contributed by atoms with Gasteiger partial charge in [0.15, 0.2) is 0 Å². The Labute approximate surface area is 111 Å². The van der Waals surface area contributed by atoms with Crippen molar-refractivity contribution >= 4 is 17.5 Å². The standard InChI is InChI=1S/C13H16ClFN2O/c1-8-4-5-17(7-12(8)16)13(18)9-2-3-10(14)11(15)6-9/h2-3,6,8,12H,4-5,7,16H2,1H3. The maximum Gasteiger partial charge on any atom is 0.254 e. The second-order valence-electron chi connectivity index (χ2n) is 4.81. The lowest BCUT2D eigenvalue weighted by Crippen LogP contribution is -2.49. The van der Waals surface area contributed by atoms with Gasteiger partial charge in [-0.05, 0) is 30.5 Å². The van der Waals surface area contributed by atoms with Crippen molar-refractivity contribution in [2.24, 2.45) is 11.7 Å². The Balaban J connectivity index is 2.14. The number of amides is 1. The average Bonchev–Trinajstić information content (AvgIpc) is 2.35. The van der Waals surface area contributed by atoms with Crippen LogP contribution in [0.5, 0.6) is 0 Å². The number of likely N-dealkylation sites (tertiary alicyclic amines) is 1. The normalized spacial score (nSPS) is 24.1. The van der Waals surface area contributed by atoms with Gasteiger partial charge in [0, 0.05) is 24.7 Å². The molecule has 0 aliphatic carbocycles. The minimum atomic E-state index is -0.572. The summed E-state index contributed by atoms with van der Waals surface area (Å²) in [5.41, 5.74) is 6.27. The molecule has 2 atom stereocenters. The molecular formula is C13H16ClFN2O. The van der Waals surface area contributed by atoms with Crippen molar-refractivity contribution in [1.29, 1.82) is 0 Å². The minimum absolute atomic E-state index is 0.0140. The second kappa shape index (κ2) is 5.24. The fraction of sp³-hybridized carbons (Fsp3) is 0.462. The maximum absolute atomic E-state index is 13.3. The van der Waals surface area contributed by atoms with Crippen LogP contribution in [0.3, 0.4) is 0 Å². The number of nitrogens with zero attached hydrogens (tertiary/aromatic N) is 1. The van der Waals surface area contributed by atoms with Crippen LogP contribution in [0.15, 0.2) is 18.2 Å². The van der Waals surface area contributed by atoms with E-state index in [0.717, 1.165) is 6.42 Å². The zero-order valence-corrected chi connectivity index (χ0v) is 11.0. The van der Waals surface area contributed by atoms with Gasteiger partial charge in [0.2, 0.25) is 0 Å². The lowest BCUT2D eigenvalue weighted by molar-refractivity contribution is 0.0672. The Morgan fingerprint density at radius 1 is 1.56 bits per heavy atom. The van der Waals surface area contributed by atoms with Crippen LogP contribution in [0.1, 0.15) is 23.7 Å². The number of halogens is 2. The first kappa shape index (κ1) is 13.3. The van der Waals surface area contributed by atoms with Gasteiger partial charge in [0.05, 0.1) is 5.02 Å². The quantitative estimate of drug-likeness (QED) is 0.851. The highest BCUT2D eigenvalue weighted by Crippen LogP contribution is 2.20. The van der Waals surface area contributed by atoms with Crippen molar-refractivity contribution in [2.75, 3.05) is 13.1 Å². The second-order valence-corrected chi connectivity index (χ2v) is 5.22. The Morgan fingerprint density at radius 2 is 2.28 bits per heavy atom. The highest BCUT2D eigenvalue weighted by atomic mass is 35.5. The summed E-state index contributed by atoms with van der Waals surface area (Å²) in [5, 5.41) is 0.0236. The van der Waals surface area contributed by atoms with Crippen molar-refractivity contribution < 1.29 is 9.18 Å². The smallest absolute Gasteiger partial charge is 0.254 e. The van der Waals surface area contributed by atoms with Gasteiger partial charge in [-0.2, -0.15) is 0 Å². The summed E-state index contributed by atoms with van der Waals surface area (Å²) in [5.74, 6) is -0.346. The monoisotopic (exact) mass is 270 g/mol. The molecule has 98 valence electrons. The highest BCUT2D eigenvalue weighted by molar-refractivity contribution is 6.30. The molecule has 1 amide bonds. The third-order valence-electron chi connectivity index (χ3n) is 3.47. The largest absolute Gasteiger partial charge is 0.337 e. The van der Waals surface area contributed by atoms with Crippen LogP contribution in [0.2, 0.25) is 5.02 Å². The molecule has 0 saturated carbocycles. The Morgan fingerprint density at radius 3 is 2.89 bits per heavy atom. The van der Waals surface area contributed by atoms with Crippen LogP contribution < -0.4 is 5.73 Å². The Kier molecular flexibility index (Phi) is 3.88. The molecule has 2 rings (SSSR count). The molecule has 2 unspecified atom stereocenters. The number of hydrogen-bond donors (Lipinski definition) is 1. The van der Waals surface area contributed by atoms with Gasteiger partial charge in [-0.25, -0.2) is 4.39 Å². The lowest BCUT2D eigenvalue weighted by Gasteiger charge is -2.35. The predicted molar refractivity (Wildman–Crippen MR) is 69.1 cm³/mol. The van der Waals surface area contributed by atoms with E-state index in [1.54, 1.807) is 4.90 Å². The SMILES string of the molecule is CC1CCN(C(=O)c2ccc(Cl)c(F)c2)CC1N. The van der Waals surface area contributed by atoms with Crippen molar-refractivity contribution in [3.8, 4) is 0 Å². The molecule has 0 aromatic heterocycles. The van der Waals surface area contributed by atoms with Crippen LogP contribution in [0.4, 0.5) is 4.39 Å². The first-order valence-electron chi connectivity index (χ1n) is 5.99. The summed E-state index contributed by atoms with van der Waals surface area (Å²) < 4.78 is 13.3. The number of piperidine rings is 1. The van der Waals surface area contributed by atoms with Gasteiger partial charge < -0.3 is 10.6 Å². The van der Waals surface area contributed by atoms with E-state index in [2.05, 4.69) is 6.92 Å². The topological polar surface area (TPSA) is 46.3 Å². The van der Waals surface area contributed by atoms with Crippen LogP contribution >= 0.6 is 11.6 Å². The summed E-state index contributed by atoms with van der Waals surface area (Å²) in [6, 6.07) is 4.10. The number of carbonyl (C=O) groups is 1. The van der Waals surface area contributed by atoms with Crippen molar-refractivity contribution in [3.05, 3.63) is 34.6 Å². The van der Waals surface area contributed by atoms with Crippen LogP contribution in [0, 0.1) is 11.7 Å². The molecule has 1 aromatic carbocycles. The first-order valence-corrected chi connectivity index (χ1v) is 6.36. The molecule has 1 saturated heterocycles. The molecule has 18 heavy (non-hydrogen) atoms. The third-order valence-corrected chi connectivity index (χ3v) is 3.78. The summed E-state index contributed by atoms with van der Waals surface area (Å²) in [6.45, 7) is 3.26. The van der Waals surface area contributed by atoms with Gasteiger partial charge in [-0.3, -0.25) is 4.79 Å². The van der Waals surface area contributed by atoms with Gasteiger partial charge in [0.25, 0.3) is 5.91 Å². The van der Waals surface area contributed by atoms with Crippen molar-refractivity contribution in [2.45, 2.75) is 19.4 Å².